The number of aryl methyl sites for hydroxylation is 1. The first kappa shape index (κ1) is 58.6. The predicted molar refractivity (Wildman–Crippen MR) is 282 cm³/mol. The van der Waals surface area contributed by atoms with Crippen molar-refractivity contribution in [2.45, 2.75) is 124 Å². The highest BCUT2D eigenvalue weighted by Crippen LogP contribution is 2.36. The fraction of sp³-hybridized carbons (Fsp3) is 0.500. The maximum Gasteiger partial charge on any atom is 0.411 e. The van der Waals surface area contributed by atoms with Gasteiger partial charge in [-0.05, 0) is 87.5 Å². The van der Waals surface area contributed by atoms with Gasteiger partial charge >= 0.3 is 25.2 Å². The van der Waals surface area contributed by atoms with Crippen molar-refractivity contribution in [2.24, 2.45) is 5.92 Å². The largest absolute Gasteiger partial charge is 0.493 e. The zero-order valence-electron chi connectivity index (χ0n) is 44.4. The van der Waals surface area contributed by atoms with Crippen molar-refractivity contribution in [3.05, 3.63) is 89.0 Å². The molecule has 3 aromatic rings. The van der Waals surface area contributed by atoms with Crippen LogP contribution in [0.2, 0.25) is 6.82 Å². The Hall–Kier alpha value is -7.29. The number of esters is 1. The van der Waals surface area contributed by atoms with E-state index >= 15 is 0 Å². The first-order valence-electron chi connectivity index (χ1n) is 25.5. The van der Waals surface area contributed by atoms with E-state index in [-0.39, 0.29) is 86.3 Å². The SMILES string of the molecule is C=CCOC(=O)N[C@H](C(=O)N[C@@H](C)C(=O)Cc1ccc(COC(=O)Nc2cc(OCCCOc3cc(NB(C)O)c(C(=O)N4CCC[C@H]4CC)cc3OC)c(C)cc2C(=O)N2CCC[C@H]2COC(C)=O)cc1)C(C)C. The van der Waals surface area contributed by atoms with E-state index in [1.54, 1.807) is 87.9 Å². The van der Waals surface area contributed by atoms with Gasteiger partial charge in [0.05, 0.1) is 49.2 Å². The van der Waals surface area contributed by atoms with Gasteiger partial charge in [0.1, 0.15) is 31.6 Å². The van der Waals surface area contributed by atoms with Crippen LogP contribution >= 0.6 is 0 Å². The zero-order valence-corrected chi connectivity index (χ0v) is 44.4. The Balaban J connectivity index is 1.23. The normalized spacial score (nSPS) is 15.8. The predicted octanol–water partition coefficient (Wildman–Crippen LogP) is 6.86. The Morgan fingerprint density at radius 1 is 0.800 bits per heavy atom. The molecule has 0 radical (unpaired) electrons. The molecule has 2 aliphatic heterocycles. The third-order valence-corrected chi connectivity index (χ3v) is 12.9. The summed E-state index contributed by atoms with van der Waals surface area (Å²) < 4.78 is 33.8. The Labute approximate surface area is 439 Å². The number of rotatable bonds is 26. The molecule has 2 aliphatic rings. The molecule has 5 amide bonds. The van der Waals surface area contributed by atoms with Gasteiger partial charge in [0, 0.05) is 56.7 Å². The highest BCUT2D eigenvalue weighted by atomic mass is 16.6. The number of Topliss-reactive ketones (excluding diaryl/α,β-unsaturated/α-hetero) is 1. The molecule has 2 saturated heterocycles. The molecule has 5 N–H and O–H groups in total. The standard InChI is InChI=1S/C54H73BN6O14/c1-10-23-73-54(68)58-49(33(3)4)50(64)56-35(6)45(63)27-37-17-19-38(20-18-37)31-75-53(67)57-43-29-46(34(5)26-41(43)51(65)61-22-13-16-40(61)32-74-36(7)62)71-24-14-25-72-48-30-44(59-55(8)69)42(28-47(48)70-9)52(66)60-21-12-15-39(60)11-2/h10,17-20,26,28-30,33,35,39-40,49,59,69H,1,11-16,21-25,27,31-32H2,2-9H3,(H,56,64)(H,57,67)(H,58,68)/t35-,39+,40-,49-/m0/s1. The maximum atomic E-state index is 14.2. The minimum Gasteiger partial charge on any atom is -0.493 e. The average molecular weight is 1040 g/mol. The fourth-order valence-electron chi connectivity index (χ4n) is 8.85. The van der Waals surface area contributed by atoms with Gasteiger partial charge in [-0.25, -0.2) is 9.59 Å². The number of alkyl carbamates (subject to hydrolysis) is 1. The summed E-state index contributed by atoms with van der Waals surface area (Å²) >= 11 is 0. The second-order valence-corrected chi connectivity index (χ2v) is 19.0. The molecular weight excluding hydrogens is 967 g/mol. The summed E-state index contributed by atoms with van der Waals surface area (Å²) in [4.78, 5) is 94.8. The fourth-order valence-corrected chi connectivity index (χ4v) is 8.85. The molecule has 0 aliphatic carbocycles. The number of ketones is 1. The summed E-state index contributed by atoms with van der Waals surface area (Å²) in [7, 11) is 0.542. The van der Waals surface area contributed by atoms with Crippen LogP contribution in [0.4, 0.5) is 21.0 Å². The maximum absolute atomic E-state index is 14.2. The number of amides is 5. The number of carbonyl (C=O) groups is 7. The van der Waals surface area contributed by atoms with E-state index in [9.17, 15) is 38.6 Å². The average Bonchev–Trinajstić information content (AvgIpc) is 4.07. The van der Waals surface area contributed by atoms with Gasteiger partial charge < -0.3 is 59.1 Å². The van der Waals surface area contributed by atoms with Crippen LogP contribution in [0.25, 0.3) is 0 Å². The number of likely N-dealkylation sites (tertiary alicyclic amines) is 2. The van der Waals surface area contributed by atoms with Crippen LogP contribution < -0.4 is 35.4 Å². The van der Waals surface area contributed by atoms with Crippen molar-refractivity contribution in [1.29, 1.82) is 0 Å². The summed E-state index contributed by atoms with van der Waals surface area (Å²) in [5.41, 5.74) is 2.97. The number of carbonyl (C=O) groups excluding carboxylic acids is 7. The topological polar surface area (TPSA) is 250 Å². The number of benzene rings is 3. The third kappa shape index (κ3) is 16.9. The molecule has 0 bridgehead atoms. The smallest absolute Gasteiger partial charge is 0.411 e. The molecule has 2 fully saturated rings. The van der Waals surface area contributed by atoms with Crippen LogP contribution in [-0.2, 0) is 41.6 Å². The molecule has 0 aromatic heterocycles. The van der Waals surface area contributed by atoms with Crippen LogP contribution in [0.5, 0.6) is 17.2 Å². The van der Waals surface area contributed by atoms with Crippen molar-refractivity contribution in [2.75, 3.05) is 57.2 Å². The van der Waals surface area contributed by atoms with E-state index in [1.165, 1.54) is 20.1 Å². The molecule has 0 unspecified atom stereocenters. The highest BCUT2D eigenvalue weighted by molar-refractivity contribution is 6.53. The van der Waals surface area contributed by atoms with E-state index in [2.05, 4.69) is 34.7 Å². The number of hydrogen-bond acceptors (Lipinski definition) is 15. The number of anilines is 2. The van der Waals surface area contributed by atoms with E-state index in [0.717, 1.165) is 19.3 Å². The van der Waals surface area contributed by atoms with Crippen LogP contribution in [0.3, 0.4) is 0 Å². The van der Waals surface area contributed by atoms with Gasteiger partial charge in [0.15, 0.2) is 17.3 Å². The number of hydrogen-bond donors (Lipinski definition) is 5. The first-order chi connectivity index (χ1) is 35.8. The lowest BCUT2D eigenvalue weighted by Crippen LogP contribution is -2.53. The number of nitrogens with one attached hydrogen (secondary N) is 4. The van der Waals surface area contributed by atoms with E-state index < -0.39 is 43.2 Å². The summed E-state index contributed by atoms with van der Waals surface area (Å²) in [6, 6.07) is 11.3. The van der Waals surface area contributed by atoms with E-state index in [4.69, 9.17) is 28.4 Å². The molecule has 406 valence electrons. The van der Waals surface area contributed by atoms with Gasteiger partial charge in [0.2, 0.25) is 5.91 Å². The Morgan fingerprint density at radius 3 is 2.03 bits per heavy atom. The van der Waals surface area contributed by atoms with Crippen molar-refractivity contribution in [1.82, 2.24) is 20.4 Å². The van der Waals surface area contributed by atoms with Crippen LogP contribution in [0, 0.1) is 12.8 Å². The summed E-state index contributed by atoms with van der Waals surface area (Å²) in [6.07, 6.45) is 4.19. The summed E-state index contributed by atoms with van der Waals surface area (Å²) in [6.45, 7) is 16.6. The molecule has 20 nitrogen and oxygen atoms in total. The monoisotopic (exact) mass is 1040 g/mol. The van der Waals surface area contributed by atoms with Crippen LogP contribution in [-0.4, -0.2) is 134 Å². The van der Waals surface area contributed by atoms with Crippen LogP contribution in [0.1, 0.15) is 111 Å². The number of nitrogens with zero attached hydrogens (tertiary/aromatic N) is 2. The molecule has 21 heteroatoms. The lowest BCUT2D eigenvalue weighted by Gasteiger charge is -2.26. The molecule has 5 rings (SSSR count). The second-order valence-electron chi connectivity index (χ2n) is 19.0. The summed E-state index contributed by atoms with van der Waals surface area (Å²) in [5.74, 6) is -0.972. The highest BCUT2D eigenvalue weighted by Gasteiger charge is 2.34. The molecule has 3 aromatic carbocycles. The minimum atomic E-state index is -0.948. The first-order valence-corrected chi connectivity index (χ1v) is 25.5. The van der Waals surface area contributed by atoms with Gasteiger partial charge in [0.25, 0.3) is 11.8 Å². The minimum absolute atomic E-state index is 0.00168. The van der Waals surface area contributed by atoms with Crippen molar-refractivity contribution < 1.29 is 67.0 Å². The molecule has 4 atom stereocenters. The molecule has 0 saturated carbocycles. The summed E-state index contributed by atoms with van der Waals surface area (Å²) in [5, 5.41) is 21.1. The number of ether oxygens (including phenoxy) is 6. The van der Waals surface area contributed by atoms with Crippen molar-refractivity contribution in [3.8, 4) is 17.2 Å². The Kier molecular flexibility index (Phi) is 22.2. The molecule has 0 spiro atoms. The zero-order chi connectivity index (χ0) is 54.8. The van der Waals surface area contributed by atoms with Crippen molar-refractivity contribution in [3.63, 3.8) is 0 Å². The molecule has 2 heterocycles. The quantitative estimate of drug-likeness (QED) is 0.0181. The van der Waals surface area contributed by atoms with Crippen LogP contribution in [0.15, 0.2) is 61.2 Å². The van der Waals surface area contributed by atoms with Gasteiger partial charge in [-0.1, -0.05) is 57.7 Å². The van der Waals surface area contributed by atoms with Gasteiger partial charge in [-0.3, -0.25) is 29.3 Å². The van der Waals surface area contributed by atoms with Crippen molar-refractivity contribution >= 4 is 60.1 Å². The van der Waals surface area contributed by atoms with Gasteiger partial charge in [-0.2, -0.15) is 0 Å². The number of methoxy groups -OCH3 is 1. The lowest BCUT2D eigenvalue weighted by atomic mass is 9.87. The van der Waals surface area contributed by atoms with E-state index in [0.29, 0.717) is 77.5 Å². The lowest BCUT2D eigenvalue weighted by molar-refractivity contribution is -0.142. The van der Waals surface area contributed by atoms with Gasteiger partial charge in [-0.15, -0.1) is 0 Å². The Bertz CT molecular complexity index is 2500. The third-order valence-electron chi connectivity index (χ3n) is 12.9. The molecular formula is C54H73BN6O14. The second kappa shape index (κ2) is 28.4. The Morgan fingerprint density at radius 2 is 1.41 bits per heavy atom. The van der Waals surface area contributed by atoms with E-state index in [1.807, 2.05) is 4.90 Å². The molecule has 75 heavy (non-hydrogen) atoms.